The number of thiazole rings is 1. The molecule has 0 atom stereocenters. The molecular formula is C19H18BrN3O3S2. The molecule has 0 bridgehead atoms. The molecule has 1 amide bonds. The van der Waals surface area contributed by atoms with Crippen LogP contribution in [0.25, 0.3) is 10.2 Å². The summed E-state index contributed by atoms with van der Waals surface area (Å²) in [7, 11) is -3.47. The third-order valence-corrected chi connectivity index (χ3v) is 8.13. The molecule has 0 spiro atoms. The zero-order valence-corrected chi connectivity index (χ0v) is 18.1. The number of anilines is 1. The molecule has 6 nitrogen and oxygen atoms in total. The topological polar surface area (TPSA) is 79.4 Å². The molecule has 2 aromatic carbocycles. The summed E-state index contributed by atoms with van der Waals surface area (Å²) in [6, 6.07) is 12.2. The number of hydrogen-bond acceptors (Lipinski definition) is 5. The highest BCUT2D eigenvalue weighted by Gasteiger charge is 2.27. The Hall–Kier alpha value is -1.81. The minimum Gasteiger partial charge on any atom is -0.298 e. The maximum absolute atomic E-state index is 12.7. The molecule has 0 aliphatic carbocycles. The van der Waals surface area contributed by atoms with Gasteiger partial charge >= 0.3 is 0 Å². The van der Waals surface area contributed by atoms with Gasteiger partial charge in [0.25, 0.3) is 5.91 Å². The van der Waals surface area contributed by atoms with Crippen LogP contribution in [0.2, 0.25) is 0 Å². The Morgan fingerprint density at radius 1 is 1.14 bits per heavy atom. The van der Waals surface area contributed by atoms with Crippen LogP contribution in [0, 0.1) is 0 Å². The van der Waals surface area contributed by atoms with Crippen LogP contribution in [0.15, 0.2) is 47.4 Å². The summed E-state index contributed by atoms with van der Waals surface area (Å²) in [5.41, 5.74) is 2.29. The van der Waals surface area contributed by atoms with Crippen molar-refractivity contribution in [2.45, 2.75) is 23.1 Å². The van der Waals surface area contributed by atoms with Crippen molar-refractivity contribution in [1.29, 1.82) is 0 Å². The van der Waals surface area contributed by atoms with E-state index in [1.165, 1.54) is 15.6 Å². The van der Waals surface area contributed by atoms with Crippen LogP contribution in [0.3, 0.4) is 0 Å². The lowest BCUT2D eigenvalue weighted by atomic mass is 10.1. The smallest absolute Gasteiger partial charge is 0.257 e. The van der Waals surface area contributed by atoms with Crippen LogP contribution in [0.4, 0.5) is 5.13 Å². The number of carbonyl (C=O) groups is 1. The average Bonchev–Trinajstić information content (AvgIpc) is 3.37. The number of aromatic nitrogens is 1. The number of nitrogens with one attached hydrogen (secondary N) is 1. The highest BCUT2D eigenvalue weighted by molar-refractivity contribution is 9.08. The summed E-state index contributed by atoms with van der Waals surface area (Å²) in [6.07, 6.45) is 1.80. The number of sulfonamides is 1. The Morgan fingerprint density at radius 3 is 2.54 bits per heavy atom. The standard InChI is InChI=1S/C19H18BrN3O3S2/c20-12-13-3-5-14(6-4-13)18(24)22-19-21-16-8-7-15(11-17(16)27-19)28(25,26)23-9-1-2-10-23/h3-8,11H,1-2,9-10,12H2,(H,21,22,24). The number of carbonyl (C=O) groups excluding carboxylic acids is 1. The number of nitrogens with zero attached hydrogens (tertiary/aromatic N) is 2. The highest BCUT2D eigenvalue weighted by Crippen LogP contribution is 2.30. The third kappa shape index (κ3) is 3.84. The Kier molecular flexibility index (Phi) is 5.50. The summed E-state index contributed by atoms with van der Waals surface area (Å²) >= 11 is 4.65. The number of halogens is 1. The minimum atomic E-state index is -3.47. The first-order chi connectivity index (χ1) is 13.5. The van der Waals surface area contributed by atoms with Crippen LogP contribution in [-0.4, -0.2) is 36.7 Å². The van der Waals surface area contributed by atoms with Crippen molar-refractivity contribution < 1.29 is 13.2 Å². The first-order valence-electron chi connectivity index (χ1n) is 8.84. The lowest BCUT2D eigenvalue weighted by Crippen LogP contribution is -2.27. The summed E-state index contributed by atoms with van der Waals surface area (Å²) in [6.45, 7) is 1.14. The zero-order valence-electron chi connectivity index (χ0n) is 14.9. The van der Waals surface area contributed by atoms with Gasteiger partial charge in [0, 0.05) is 24.0 Å². The van der Waals surface area contributed by atoms with Crippen molar-refractivity contribution in [1.82, 2.24) is 9.29 Å². The molecule has 0 saturated carbocycles. The number of hydrogen-bond donors (Lipinski definition) is 1. The van der Waals surface area contributed by atoms with Gasteiger partial charge in [0.05, 0.1) is 15.1 Å². The zero-order chi connectivity index (χ0) is 19.7. The molecule has 3 aromatic rings. The number of rotatable bonds is 5. The largest absolute Gasteiger partial charge is 0.298 e. The molecule has 2 heterocycles. The number of alkyl halides is 1. The van der Waals surface area contributed by atoms with Crippen LogP contribution >= 0.6 is 27.3 Å². The molecule has 1 fully saturated rings. The second-order valence-electron chi connectivity index (χ2n) is 6.54. The van der Waals surface area contributed by atoms with Crippen LogP contribution in [0.1, 0.15) is 28.8 Å². The number of benzene rings is 2. The summed E-state index contributed by atoms with van der Waals surface area (Å²) < 4.78 is 27.7. The molecule has 1 aromatic heterocycles. The SMILES string of the molecule is O=C(Nc1nc2ccc(S(=O)(=O)N3CCCC3)cc2s1)c1ccc(CBr)cc1. The van der Waals surface area contributed by atoms with Crippen molar-refractivity contribution >= 4 is 58.5 Å². The van der Waals surface area contributed by atoms with Crippen molar-refractivity contribution in [2.24, 2.45) is 0 Å². The lowest BCUT2D eigenvalue weighted by molar-refractivity contribution is 0.102. The van der Waals surface area contributed by atoms with E-state index in [2.05, 4.69) is 26.2 Å². The molecule has 9 heteroatoms. The number of fused-ring (bicyclic) bond motifs is 1. The van der Waals surface area contributed by atoms with E-state index in [1.807, 2.05) is 12.1 Å². The Bertz CT molecular complexity index is 1120. The maximum atomic E-state index is 12.7. The molecule has 1 aliphatic heterocycles. The van der Waals surface area contributed by atoms with Crippen molar-refractivity contribution in [3.63, 3.8) is 0 Å². The molecule has 1 saturated heterocycles. The number of amides is 1. The van der Waals surface area contributed by atoms with E-state index in [0.717, 1.165) is 28.4 Å². The van der Waals surface area contributed by atoms with Gasteiger partial charge in [-0.1, -0.05) is 39.4 Å². The Balaban J connectivity index is 1.56. The fourth-order valence-electron chi connectivity index (χ4n) is 3.11. The molecule has 4 rings (SSSR count). The molecule has 1 N–H and O–H groups in total. The summed E-state index contributed by atoms with van der Waals surface area (Å²) in [5, 5.41) is 3.97. The van der Waals surface area contributed by atoms with Gasteiger partial charge in [-0.05, 0) is 48.7 Å². The molecule has 146 valence electrons. The van der Waals surface area contributed by atoms with E-state index in [0.29, 0.717) is 29.3 Å². The quantitative estimate of drug-likeness (QED) is 0.555. The molecule has 0 unspecified atom stereocenters. The maximum Gasteiger partial charge on any atom is 0.257 e. The van der Waals surface area contributed by atoms with E-state index in [1.54, 1.807) is 30.3 Å². The monoisotopic (exact) mass is 479 g/mol. The molecule has 1 aliphatic rings. The normalized spacial score (nSPS) is 15.2. The second-order valence-corrected chi connectivity index (χ2v) is 10.1. The average molecular weight is 480 g/mol. The Labute approximate surface area is 175 Å². The van der Waals surface area contributed by atoms with Gasteiger partial charge < -0.3 is 0 Å². The predicted molar refractivity (Wildman–Crippen MR) is 115 cm³/mol. The Morgan fingerprint density at radius 2 is 1.86 bits per heavy atom. The van der Waals surface area contributed by atoms with Crippen LogP contribution in [0.5, 0.6) is 0 Å². The van der Waals surface area contributed by atoms with Gasteiger partial charge in [0.2, 0.25) is 10.0 Å². The van der Waals surface area contributed by atoms with Gasteiger partial charge in [-0.3, -0.25) is 10.1 Å². The lowest BCUT2D eigenvalue weighted by Gasteiger charge is -2.15. The van der Waals surface area contributed by atoms with E-state index in [9.17, 15) is 13.2 Å². The van der Waals surface area contributed by atoms with E-state index in [-0.39, 0.29) is 10.8 Å². The van der Waals surface area contributed by atoms with Crippen LogP contribution < -0.4 is 5.32 Å². The van der Waals surface area contributed by atoms with E-state index < -0.39 is 10.0 Å². The third-order valence-electron chi connectivity index (χ3n) is 4.65. The van der Waals surface area contributed by atoms with Crippen molar-refractivity contribution in [3.8, 4) is 0 Å². The fraction of sp³-hybridized carbons (Fsp3) is 0.263. The predicted octanol–water partition coefficient (Wildman–Crippen LogP) is 4.23. The molecular weight excluding hydrogens is 462 g/mol. The first-order valence-corrected chi connectivity index (χ1v) is 12.2. The van der Waals surface area contributed by atoms with Crippen molar-refractivity contribution in [3.05, 3.63) is 53.6 Å². The minimum absolute atomic E-state index is 0.245. The van der Waals surface area contributed by atoms with Gasteiger partial charge in [-0.25, -0.2) is 13.4 Å². The summed E-state index contributed by atoms with van der Waals surface area (Å²) in [4.78, 5) is 17.1. The van der Waals surface area contributed by atoms with Gasteiger partial charge in [-0.15, -0.1) is 0 Å². The van der Waals surface area contributed by atoms with Crippen LogP contribution in [-0.2, 0) is 15.4 Å². The van der Waals surface area contributed by atoms with Crippen molar-refractivity contribution in [2.75, 3.05) is 18.4 Å². The second kappa shape index (κ2) is 7.90. The van der Waals surface area contributed by atoms with E-state index in [4.69, 9.17) is 0 Å². The van der Waals surface area contributed by atoms with Gasteiger partial charge in [0.1, 0.15) is 0 Å². The van der Waals surface area contributed by atoms with Gasteiger partial charge in [0.15, 0.2) is 5.13 Å². The molecule has 0 radical (unpaired) electrons. The van der Waals surface area contributed by atoms with Gasteiger partial charge in [-0.2, -0.15) is 4.31 Å². The highest BCUT2D eigenvalue weighted by atomic mass is 79.9. The molecule has 28 heavy (non-hydrogen) atoms. The van der Waals surface area contributed by atoms with E-state index >= 15 is 0 Å². The fourth-order valence-corrected chi connectivity index (χ4v) is 6.00. The summed E-state index contributed by atoms with van der Waals surface area (Å²) in [5.74, 6) is -0.245. The first kappa shape index (κ1) is 19.5.